The van der Waals surface area contributed by atoms with E-state index in [4.69, 9.17) is 20.4 Å². The topological polar surface area (TPSA) is 107 Å². The molecule has 0 amide bonds. The second kappa shape index (κ2) is 10.9. The number of aliphatic hydroxyl groups is 4. The van der Waals surface area contributed by atoms with Crippen molar-refractivity contribution >= 4 is 5.97 Å². The summed E-state index contributed by atoms with van der Waals surface area (Å²) in [5.41, 5.74) is -0.697. The molecule has 0 fully saturated rings. The lowest BCUT2D eigenvalue weighted by atomic mass is 9.93. The lowest BCUT2D eigenvalue weighted by Crippen LogP contribution is -2.37. The highest BCUT2D eigenvalue weighted by Gasteiger charge is 2.26. The van der Waals surface area contributed by atoms with Crippen LogP contribution in [0, 0.1) is 5.41 Å². The Kier molecular flexibility index (Phi) is 11.6. The van der Waals surface area contributed by atoms with Crippen molar-refractivity contribution in [3.8, 4) is 0 Å². The third kappa shape index (κ3) is 7.97. The predicted octanol–water partition coefficient (Wildman–Crippen LogP) is -0.766. The van der Waals surface area contributed by atoms with Crippen molar-refractivity contribution in [2.45, 2.75) is 6.92 Å². The molecule has 0 aliphatic carbocycles. The first-order valence-electron chi connectivity index (χ1n) is 5.30. The fourth-order valence-corrected chi connectivity index (χ4v) is 0.558. The van der Waals surface area contributed by atoms with E-state index in [1.807, 2.05) is 0 Å². The first kappa shape index (κ1) is 19.1. The summed E-state index contributed by atoms with van der Waals surface area (Å²) >= 11 is 0. The molecule has 0 aliphatic heterocycles. The second-order valence-corrected chi connectivity index (χ2v) is 3.80. The summed E-state index contributed by atoms with van der Waals surface area (Å²) in [6.45, 7) is 7.02. The van der Waals surface area contributed by atoms with Crippen molar-refractivity contribution in [1.82, 2.24) is 0 Å². The monoisotopic (exact) mass is 262 g/mol. The van der Waals surface area contributed by atoms with Crippen LogP contribution in [0.1, 0.15) is 6.92 Å². The van der Waals surface area contributed by atoms with Gasteiger partial charge in [-0.05, 0) is 6.92 Å². The molecule has 0 saturated heterocycles. The standard InChI is InChI=1S/C7H10O2.C5H12O4/c1-4-5-9-7(8)6(2)3;6-1-5(2-7,3-8)4-9/h4H,1-2,5H2,3H3;6-9H,1-4H2. The minimum Gasteiger partial charge on any atom is -0.458 e. The lowest BCUT2D eigenvalue weighted by molar-refractivity contribution is -0.137. The Labute approximate surface area is 107 Å². The Hall–Kier alpha value is -1.21. The normalized spacial score (nSPS) is 10.1. The molecule has 0 radical (unpaired) electrons. The van der Waals surface area contributed by atoms with Crippen LogP contribution in [0.15, 0.2) is 24.8 Å². The Balaban J connectivity index is 0. The van der Waals surface area contributed by atoms with Gasteiger partial charge in [0.25, 0.3) is 0 Å². The molecule has 0 spiro atoms. The Bertz CT molecular complexity index is 240. The number of carbonyl (C=O) groups excluding carboxylic acids is 1. The van der Waals surface area contributed by atoms with Gasteiger partial charge in [-0.2, -0.15) is 0 Å². The summed E-state index contributed by atoms with van der Waals surface area (Å²) in [5, 5.41) is 34.0. The van der Waals surface area contributed by atoms with Gasteiger partial charge in [0.15, 0.2) is 0 Å². The summed E-state index contributed by atoms with van der Waals surface area (Å²) in [5.74, 6) is -0.366. The fourth-order valence-electron chi connectivity index (χ4n) is 0.558. The van der Waals surface area contributed by atoms with Gasteiger partial charge < -0.3 is 25.2 Å². The minimum absolute atomic E-state index is 0.256. The maximum Gasteiger partial charge on any atom is 0.333 e. The predicted molar refractivity (Wildman–Crippen MR) is 66.7 cm³/mol. The average Bonchev–Trinajstić information content (AvgIpc) is 2.40. The first-order valence-corrected chi connectivity index (χ1v) is 5.30. The largest absolute Gasteiger partial charge is 0.458 e. The second-order valence-electron chi connectivity index (χ2n) is 3.80. The van der Waals surface area contributed by atoms with Gasteiger partial charge in [0.1, 0.15) is 6.61 Å². The van der Waals surface area contributed by atoms with Crippen molar-refractivity contribution < 1.29 is 30.0 Å². The highest BCUT2D eigenvalue weighted by atomic mass is 16.5. The third-order valence-corrected chi connectivity index (χ3v) is 2.02. The van der Waals surface area contributed by atoms with Crippen LogP contribution in [-0.4, -0.2) is 59.4 Å². The average molecular weight is 262 g/mol. The zero-order valence-electron chi connectivity index (χ0n) is 10.6. The number of carbonyl (C=O) groups is 1. The molecule has 0 rings (SSSR count). The van der Waals surface area contributed by atoms with Crippen molar-refractivity contribution in [2.24, 2.45) is 5.41 Å². The van der Waals surface area contributed by atoms with Gasteiger partial charge in [-0.1, -0.05) is 19.2 Å². The van der Waals surface area contributed by atoms with Gasteiger partial charge in [-0.25, -0.2) is 4.79 Å². The van der Waals surface area contributed by atoms with E-state index in [0.29, 0.717) is 5.57 Å². The van der Waals surface area contributed by atoms with Crippen LogP contribution in [0.2, 0.25) is 0 Å². The van der Waals surface area contributed by atoms with E-state index in [1.165, 1.54) is 6.08 Å². The summed E-state index contributed by atoms with van der Waals surface area (Å²) in [6.07, 6.45) is 1.51. The molecular formula is C12H22O6. The molecule has 18 heavy (non-hydrogen) atoms. The molecule has 106 valence electrons. The van der Waals surface area contributed by atoms with Gasteiger partial charge in [-0.15, -0.1) is 0 Å². The van der Waals surface area contributed by atoms with Crippen LogP contribution in [0.3, 0.4) is 0 Å². The van der Waals surface area contributed by atoms with E-state index >= 15 is 0 Å². The van der Waals surface area contributed by atoms with Crippen LogP contribution < -0.4 is 0 Å². The smallest absolute Gasteiger partial charge is 0.333 e. The number of hydrogen-bond donors (Lipinski definition) is 4. The molecular weight excluding hydrogens is 240 g/mol. The van der Waals surface area contributed by atoms with Gasteiger partial charge >= 0.3 is 5.97 Å². The molecule has 0 unspecified atom stereocenters. The van der Waals surface area contributed by atoms with Gasteiger partial charge in [0.05, 0.1) is 31.8 Å². The Morgan fingerprint density at radius 3 is 1.72 bits per heavy atom. The molecule has 6 nitrogen and oxygen atoms in total. The van der Waals surface area contributed by atoms with Gasteiger partial charge in [-0.3, -0.25) is 0 Å². The van der Waals surface area contributed by atoms with Gasteiger partial charge in [0, 0.05) is 5.57 Å². The molecule has 0 aromatic rings. The zero-order valence-corrected chi connectivity index (χ0v) is 10.6. The first-order chi connectivity index (χ1) is 8.42. The number of rotatable bonds is 7. The van der Waals surface area contributed by atoms with Crippen molar-refractivity contribution in [3.05, 3.63) is 24.8 Å². The molecule has 0 saturated carbocycles. The Morgan fingerprint density at radius 1 is 1.17 bits per heavy atom. The number of hydrogen-bond acceptors (Lipinski definition) is 6. The van der Waals surface area contributed by atoms with E-state index in [-0.39, 0.29) is 12.6 Å². The number of ether oxygens (including phenoxy) is 1. The van der Waals surface area contributed by atoms with Crippen molar-refractivity contribution in [2.75, 3.05) is 33.0 Å². The van der Waals surface area contributed by atoms with Crippen LogP contribution in [0.25, 0.3) is 0 Å². The third-order valence-electron chi connectivity index (χ3n) is 2.02. The number of aliphatic hydroxyl groups excluding tert-OH is 4. The van der Waals surface area contributed by atoms with E-state index in [9.17, 15) is 4.79 Å². The SMILES string of the molecule is C=CCOC(=O)C(=C)C.OCC(CO)(CO)CO. The van der Waals surface area contributed by atoms with Crippen LogP contribution in [0.4, 0.5) is 0 Å². The van der Waals surface area contributed by atoms with E-state index < -0.39 is 31.8 Å². The minimum atomic E-state index is -1.11. The quantitative estimate of drug-likeness (QED) is 0.273. The van der Waals surface area contributed by atoms with E-state index in [2.05, 4.69) is 17.9 Å². The molecule has 4 N–H and O–H groups in total. The highest BCUT2D eigenvalue weighted by molar-refractivity contribution is 5.86. The molecule has 0 aliphatic rings. The fraction of sp³-hybridized carbons (Fsp3) is 0.583. The van der Waals surface area contributed by atoms with Crippen LogP contribution >= 0.6 is 0 Å². The summed E-state index contributed by atoms with van der Waals surface area (Å²) in [7, 11) is 0. The zero-order chi connectivity index (χ0) is 14.6. The molecule has 6 heteroatoms. The summed E-state index contributed by atoms with van der Waals surface area (Å²) in [4.78, 5) is 10.5. The van der Waals surface area contributed by atoms with Gasteiger partial charge in [0.2, 0.25) is 0 Å². The van der Waals surface area contributed by atoms with Crippen LogP contribution in [-0.2, 0) is 9.53 Å². The Morgan fingerprint density at radius 2 is 1.56 bits per heavy atom. The maximum atomic E-state index is 10.5. The van der Waals surface area contributed by atoms with Crippen molar-refractivity contribution in [3.63, 3.8) is 0 Å². The molecule has 0 heterocycles. The van der Waals surface area contributed by atoms with E-state index in [0.717, 1.165) is 0 Å². The van der Waals surface area contributed by atoms with Crippen molar-refractivity contribution in [1.29, 1.82) is 0 Å². The summed E-state index contributed by atoms with van der Waals surface area (Å²) < 4.78 is 4.60. The number of esters is 1. The maximum absolute atomic E-state index is 10.5. The molecule has 0 atom stereocenters. The highest BCUT2D eigenvalue weighted by Crippen LogP contribution is 2.11. The molecule has 0 bridgehead atoms. The lowest BCUT2D eigenvalue weighted by Gasteiger charge is -2.23. The van der Waals surface area contributed by atoms with E-state index in [1.54, 1.807) is 6.92 Å². The van der Waals surface area contributed by atoms with Crippen LogP contribution in [0.5, 0.6) is 0 Å². The summed E-state index contributed by atoms with van der Waals surface area (Å²) in [6, 6.07) is 0. The molecule has 0 aromatic heterocycles. The molecule has 0 aromatic carbocycles.